The summed E-state index contributed by atoms with van der Waals surface area (Å²) < 4.78 is 6.68. The Hall–Kier alpha value is -1.72. The Morgan fingerprint density at radius 2 is 2.23 bits per heavy atom. The van der Waals surface area contributed by atoms with Crippen LogP contribution >= 0.6 is 11.3 Å². The van der Waals surface area contributed by atoms with Crippen molar-refractivity contribution in [2.45, 2.75) is 38.8 Å². The summed E-state index contributed by atoms with van der Waals surface area (Å²) in [6, 6.07) is 10.8. The SMILES string of the molecule is Cc1cc(CN2CCCCC2c2nc3ccccc3s2)on1. The van der Waals surface area contributed by atoms with Gasteiger partial charge in [0.25, 0.3) is 0 Å². The fourth-order valence-corrected chi connectivity index (χ4v) is 4.32. The Bertz CT molecular complexity index is 746. The molecule has 0 spiro atoms. The third kappa shape index (κ3) is 2.66. The largest absolute Gasteiger partial charge is 0.360 e. The summed E-state index contributed by atoms with van der Waals surface area (Å²) in [6.07, 6.45) is 3.69. The maximum absolute atomic E-state index is 5.40. The van der Waals surface area contributed by atoms with Gasteiger partial charge in [-0.05, 0) is 38.4 Å². The van der Waals surface area contributed by atoms with Gasteiger partial charge in [0, 0.05) is 6.07 Å². The van der Waals surface area contributed by atoms with Gasteiger partial charge in [0.1, 0.15) is 5.01 Å². The van der Waals surface area contributed by atoms with Crippen molar-refractivity contribution in [3.8, 4) is 0 Å². The summed E-state index contributed by atoms with van der Waals surface area (Å²) in [5.74, 6) is 0.950. The number of fused-ring (bicyclic) bond motifs is 1. The summed E-state index contributed by atoms with van der Waals surface area (Å²) in [7, 11) is 0. The maximum atomic E-state index is 5.40. The molecule has 4 nitrogen and oxygen atoms in total. The van der Waals surface area contributed by atoms with Gasteiger partial charge in [-0.3, -0.25) is 4.90 Å². The highest BCUT2D eigenvalue weighted by Crippen LogP contribution is 2.36. The van der Waals surface area contributed by atoms with Crippen LogP contribution in [-0.2, 0) is 6.54 Å². The van der Waals surface area contributed by atoms with Gasteiger partial charge in [-0.2, -0.15) is 0 Å². The van der Waals surface area contributed by atoms with Crippen LogP contribution in [0.5, 0.6) is 0 Å². The van der Waals surface area contributed by atoms with Crippen molar-refractivity contribution in [1.82, 2.24) is 15.0 Å². The number of para-hydroxylation sites is 1. The van der Waals surface area contributed by atoms with Crippen LogP contribution in [0.1, 0.15) is 41.8 Å². The number of benzene rings is 1. The number of hydrogen-bond donors (Lipinski definition) is 0. The van der Waals surface area contributed by atoms with E-state index in [1.807, 2.05) is 24.3 Å². The van der Waals surface area contributed by atoms with Gasteiger partial charge < -0.3 is 4.52 Å². The number of rotatable bonds is 3. The van der Waals surface area contributed by atoms with Crippen LogP contribution in [0.15, 0.2) is 34.9 Å². The van der Waals surface area contributed by atoms with E-state index in [0.29, 0.717) is 6.04 Å². The maximum Gasteiger partial charge on any atom is 0.150 e. The monoisotopic (exact) mass is 313 g/mol. The highest BCUT2D eigenvalue weighted by Gasteiger charge is 2.27. The van der Waals surface area contributed by atoms with Gasteiger partial charge in [-0.15, -0.1) is 11.3 Å². The average molecular weight is 313 g/mol. The van der Waals surface area contributed by atoms with E-state index < -0.39 is 0 Å². The van der Waals surface area contributed by atoms with Gasteiger partial charge in [0.15, 0.2) is 5.76 Å². The molecule has 1 aromatic carbocycles. The van der Waals surface area contributed by atoms with Crippen molar-refractivity contribution in [3.05, 3.63) is 46.8 Å². The van der Waals surface area contributed by atoms with Crippen LogP contribution < -0.4 is 0 Å². The Morgan fingerprint density at radius 1 is 1.32 bits per heavy atom. The van der Waals surface area contributed by atoms with E-state index in [0.717, 1.165) is 30.1 Å². The predicted octanol–water partition coefficient (Wildman–Crippen LogP) is 4.32. The molecule has 2 aromatic heterocycles. The summed E-state index contributed by atoms with van der Waals surface area (Å²) in [5, 5.41) is 5.23. The molecule has 5 heteroatoms. The molecule has 22 heavy (non-hydrogen) atoms. The van der Waals surface area contributed by atoms with Gasteiger partial charge in [0.2, 0.25) is 0 Å². The molecule has 0 N–H and O–H groups in total. The molecule has 1 saturated heterocycles. The molecule has 0 radical (unpaired) electrons. The smallest absolute Gasteiger partial charge is 0.150 e. The van der Waals surface area contributed by atoms with Crippen molar-refractivity contribution >= 4 is 21.6 Å². The quantitative estimate of drug-likeness (QED) is 0.722. The molecule has 1 atom stereocenters. The second-order valence-corrected chi connectivity index (χ2v) is 7.00. The second-order valence-electron chi connectivity index (χ2n) is 5.94. The highest BCUT2D eigenvalue weighted by atomic mass is 32.1. The van der Waals surface area contributed by atoms with Gasteiger partial charge in [-0.25, -0.2) is 4.98 Å². The van der Waals surface area contributed by atoms with Gasteiger partial charge in [0.05, 0.1) is 28.5 Å². The van der Waals surface area contributed by atoms with E-state index in [1.165, 1.54) is 29.0 Å². The molecule has 0 amide bonds. The zero-order valence-electron chi connectivity index (χ0n) is 12.7. The Kier molecular flexibility index (Phi) is 3.68. The molecule has 3 heterocycles. The fraction of sp³-hybridized carbons (Fsp3) is 0.412. The molecule has 1 aliphatic heterocycles. The van der Waals surface area contributed by atoms with Gasteiger partial charge >= 0.3 is 0 Å². The Labute approximate surface area is 133 Å². The van der Waals surface area contributed by atoms with Crippen LogP contribution in [0.3, 0.4) is 0 Å². The van der Waals surface area contributed by atoms with E-state index in [9.17, 15) is 0 Å². The number of aryl methyl sites for hydroxylation is 1. The summed E-state index contributed by atoms with van der Waals surface area (Å²) >= 11 is 1.82. The van der Waals surface area contributed by atoms with Gasteiger partial charge in [-0.1, -0.05) is 23.7 Å². The van der Waals surface area contributed by atoms with E-state index in [2.05, 4.69) is 34.3 Å². The minimum absolute atomic E-state index is 0.400. The fourth-order valence-electron chi connectivity index (χ4n) is 3.18. The van der Waals surface area contributed by atoms with Crippen molar-refractivity contribution in [2.75, 3.05) is 6.54 Å². The molecule has 0 saturated carbocycles. The standard InChI is InChI=1S/C17H19N3OS/c1-12-10-13(21-19-12)11-20-9-5-4-7-15(20)17-18-14-6-2-3-8-16(14)22-17/h2-3,6,8,10,15H,4-5,7,9,11H2,1H3. The summed E-state index contributed by atoms with van der Waals surface area (Å²) in [5.41, 5.74) is 2.06. The lowest BCUT2D eigenvalue weighted by atomic mass is 10.0. The lowest BCUT2D eigenvalue weighted by molar-refractivity contribution is 0.126. The first-order chi connectivity index (χ1) is 10.8. The number of piperidine rings is 1. The van der Waals surface area contributed by atoms with Crippen LogP contribution in [0.2, 0.25) is 0 Å². The van der Waals surface area contributed by atoms with E-state index in [4.69, 9.17) is 9.51 Å². The average Bonchev–Trinajstić information content (AvgIpc) is 3.14. The van der Waals surface area contributed by atoms with E-state index >= 15 is 0 Å². The molecular formula is C17H19N3OS. The lowest BCUT2D eigenvalue weighted by Gasteiger charge is -2.33. The molecule has 1 aliphatic rings. The van der Waals surface area contributed by atoms with Crippen LogP contribution in [0.25, 0.3) is 10.2 Å². The lowest BCUT2D eigenvalue weighted by Crippen LogP contribution is -2.32. The zero-order chi connectivity index (χ0) is 14.9. The van der Waals surface area contributed by atoms with E-state index in [1.54, 1.807) is 0 Å². The topological polar surface area (TPSA) is 42.2 Å². The molecular weight excluding hydrogens is 294 g/mol. The third-order valence-corrected chi connectivity index (χ3v) is 5.38. The molecule has 3 aromatic rings. The Morgan fingerprint density at radius 3 is 3.05 bits per heavy atom. The molecule has 114 valence electrons. The van der Waals surface area contributed by atoms with E-state index in [-0.39, 0.29) is 0 Å². The summed E-state index contributed by atoms with van der Waals surface area (Å²) in [6.45, 7) is 3.88. The number of nitrogens with zero attached hydrogens (tertiary/aromatic N) is 3. The van der Waals surface area contributed by atoms with Crippen molar-refractivity contribution in [2.24, 2.45) is 0 Å². The van der Waals surface area contributed by atoms with Crippen LogP contribution in [0, 0.1) is 6.92 Å². The van der Waals surface area contributed by atoms with Crippen molar-refractivity contribution in [3.63, 3.8) is 0 Å². The number of hydrogen-bond acceptors (Lipinski definition) is 5. The normalized spacial score (nSPS) is 19.8. The number of likely N-dealkylation sites (tertiary alicyclic amines) is 1. The first kappa shape index (κ1) is 13.9. The summed E-state index contributed by atoms with van der Waals surface area (Å²) in [4.78, 5) is 7.35. The highest BCUT2D eigenvalue weighted by molar-refractivity contribution is 7.18. The first-order valence-corrected chi connectivity index (χ1v) is 8.63. The minimum atomic E-state index is 0.400. The van der Waals surface area contributed by atoms with Crippen molar-refractivity contribution in [1.29, 1.82) is 0 Å². The predicted molar refractivity (Wildman–Crippen MR) is 87.9 cm³/mol. The molecule has 4 rings (SSSR count). The number of thiazole rings is 1. The molecule has 1 unspecified atom stereocenters. The number of aromatic nitrogens is 2. The van der Waals surface area contributed by atoms with Crippen LogP contribution in [0.4, 0.5) is 0 Å². The molecule has 1 fully saturated rings. The Balaban J connectivity index is 1.62. The molecule has 0 aliphatic carbocycles. The third-order valence-electron chi connectivity index (χ3n) is 4.24. The zero-order valence-corrected chi connectivity index (χ0v) is 13.5. The molecule has 0 bridgehead atoms. The second kappa shape index (κ2) is 5.82. The minimum Gasteiger partial charge on any atom is -0.360 e. The van der Waals surface area contributed by atoms with Crippen LogP contribution in [-0.4, -0.2) is 21.6 Å². The first-order valence-electron chi connectivity index (χ1n) is 7.81. The van der Waals surface area contributed by atoms with Crippen molar-refractivity contribution < 1.29 is 4.52 Å².